The van der Waals surface area contributed by atoms with Gasteiger partial charge in [-0.05, 0) is 120 Å². The SMILES string of the molecule is Cc1cc(/C=C/CCN(C)C2CCN(C)CC2)cc(C)c1N1C[C@@H](Cc2ccccc2F)C[C@@H](C)C1=O. The molecule has 2 heterocycles. The monoisotopic (exact) mass is 505 g/mol. The second-order valence-electron chi connectivity index (χ2n) is 11.5. The Morgan fingerprint density at radius 3 is 2.46 bits per heavy atom. The van der Waals surface area contributed by atoms with Gasteiger partial charge in [0.05, 0.1) is 0 Å². The van der Waals surface area contributed by atoms with Gasteiger partial charge in [-0.2, -0.15) is 0 Å². The molecule has 0 radical (unpaired) electrons. The van der Waals surface area contributed by atoms with Crippen LogP contribution in [0.5, 0.6) is 0 Å². The van der Waals surface area contributed by atoms with E-state index in [2.05, 4.69) is 62.0 Å². The summed E-state index contributed by atoms with van der Waals surface area (Å²) in [4.78, 5) is 20.1. The summed E-state index contributed by atoms with van der Waals surface area (Å²) in [7, 11) is 4.46. The molecule has 2 atom stereocenters. The molecule has 5 heteroatoms. The van der Waals surface area contributed by atoms with E-state index >= 15 is 0 Å². The highest BCUT2D eigenvalue weighted by atomic mass is 19.1. The number of amides is 1. The van der Waals surface area contributed by atoms with E-state index in [1.165, 1.54) is 37.6 Å². The molecule has 0 unspecified atom stereocenters. The lowest BCUT2D eigenvalue weighted by molar-refractivity contribution is -0.124. The maximum absolute atomic E-state index is 14.3. The lowest BCUT2D eigenvalue weighted by atomic mass is 9.84. The van der Waals surface area contributed by atoms with Gasteiger partial charge in [-0.25, -0.2) is 4.39 Å². The van der Waals surface area contributed by atoms with Crippen molar-refractivity contribution in [2.75, 3.05) is 45.2 Å². The Bertz CT molecular complexity index is 1080. The highest BCUT2D eigenvalue weighted by molar-refractivity contribution is 5.97. The molecule has 0 aliphatic carbocycles. The third kappa shape index (κ3) is 6.88. The Hall–Kier alpha value is -2.50. The molecular formula is C32H44FN3O. The fourth-order valence-corrected chi connectivity index (χ4v) is 6.24. The summed E-state index contributed by atoms with van der Waals surface area (Å²) in [6, 6.07) is 12.1. The molecule has 4 nitrogen and oxygen atoms in total. The first-order valence-corrected chi connectivity index (χ1v) is 13.9. The van der Waals surface area contributed by atoms with Gasteiger partial charge >= 0.3 is 0 Å². The summed E-state index contributed by atoms with van der Waals surface area (Å²) in [6.45, 7) is 10.3. The average molecular weight is 506 g/mol. The number of nitrogens with zero attached hydrogens (tertiary/aromatic N) is 3. The lowest BCUT2D eigenvalue weighted by Crippen LogP contribution is -2.46. The molecule has 4 rings (SSSR count). The summed E-state index contributed by atoms with van der Waals surface area (Å²) in [5, 5.41) is 0. The molecule has 200 valence electrons. The van der Waals surface area contributed by atoms with Crippen molar-refractivity contribution >= 4 is 17.7 Å². The number of anilines is 1. The van der Waals surface area contributed by atoms with E-state index in [4.69, 9.17) is 0 Å². The predicted molar refractivity (Wildman–Crippen MR) is 152 cm³/mol. The largest absolute Gasteiger partial charge is 0.311 e. The van der Waals surface area contributed by atoms with Gasteiger partial charge in [0.1, 0.15) is 5.82 Å². The summed E-state index contributed by atoms with van der Waals surface area (Å²) >= 11 is 0. The van der Waals surface area contributed by atoms with E-state index < -0.39 is 0 Å². The third-order valence-electron chi connectivity index (χ3n) is 8.34. The van der Waals surface area contributed by atoms with Crippen LogP contribution in [0, 0.1) is 31.5 Å². The first-order valence-electron chi connectivity index (χ1n) is 13.9. The van der Waals surface area contributed by atoms with Gasteiger partial charge in [0, 0.05) is 30.7 Å². The first-order chi connectivity index (χ1) is 17.7. The number of carbonyl (C=O) groups is 1. The number of aryl methyl sites for hydroxylation is 2. The number of rotatable bonds is 8. The van der Waals surface area contributed by atoms with Gasteiger partial charge in [0.2, 0.25) is 5.91 Å². The first kappa shape index (κ1) is 27.5. The minimum absolute atomic E-state index is 0.0644. The van der Waals surface area contributed by atoms with Crippen LogP contribution in [-0.4, -0.2) is 62.0 Å². The minimum atomic E-state index is -0.153. The second-order valence-corrected chi connectivity index (χ2v) is 11.5. The fourth-order valence-electron chi connectivity index (χ4n) is 6.24. The van der Waals surface area contributed by atoms with Gasteiger partial charge < -0.3 is 14.7 Å². The zero-order valence-corrected chi connectivity index (χ0v) is 23.3. The van der Waals surface area contributed by atoms with Crippen LogP contribution in [0.2, 0.25) is 0 Å². The van der Waals surface area contributed by atoms with Crippen molar-refractivity contribution in [3.05, 3.63) is 70.5 Å². The van der Waals surface area contributed by atoms with Crippen molar-refractivity contribution in [1.29, 1.82) is 0 Å². The predicted octanol–water partition coefficient (Wildman–Crippen LogP) is 6.10. The topological polar surface area (TPSA) is 26.8 Å². The van der Waals surface area contributed by atoms with Crippen LogP contribution in [0.15, 0.2) is 42.5 Å². The lowest BCUT2D eigenvalue weighted by Gasteiger charge is -2.38. The highest BCUT2D eigenvalue weighted by Crippen LogP contribution is 2.34. The number of hydrogen-bond acceptors (Lipinski definition) is 3. The number of halogens is 1. The van der Waals surface area contributed by atoms with Crippen LogP contribution in [0.25, 0.3) is 6.08 Å². The number of benzene rings is 2. The van der Waals surface area contributed by atoms with E-state index in [0.717, 1.165) is 41.8 Å². The second kappa shape index (κ2) is 12.4. The number of carbonyl (C=O) groups excluding carboxylic acids is 1. The number of likely N-dealkylation sites (tertiary alicyclic amines) is 1. The van der Waals surface area contributed by atoms with Crippen molar-refractivity contribution < 1.29 is 9.18 Å². The molecule has 37 heavy (non-hydrogen) atoms. The molecule has 2 fully saturated rings. The average Bonchev–Trinajstić information content (AvgIpc) is 2.86. The molecule has 0 saturated carbocycles. The molecule has 0 aromatic heterocycles. The van der Waals surface area contributed by atoms with Gasteiger partial charge in [0.25, 0.3) is 0 Å². The Morgan fingerprint density at radius 2 is 1.78 bits per heavy atom. The molecule has 2 aliphatic heterocycles. The van der Waals surface area contributed by atoms with Crippen LogP contribution >= 0.6 is 0 Å². The molecule has 2 aliphatic rings. The molecule has 0 N–H and O–H groups in total. The summed E-state index contributed by atoms with van der Waals surface area (Å²) in [5.74, 6) is 0.200. The van der Waals surface area contributed by atoms with Crippen LogP contribution in [-0.2, 0) is 11.2 Å². The summed E-state index contributed by atoms with van der Waals surface area (Å²) in [5.41, 5.74) is 5.19. The molecule has 2 saturated heterocycles. The van der Waals surface area contributed by atoms with Crippen LogP contribution in [0.3, 0.4) is 0 Å². The summed E-state index contributed by atoms with van der Waals surface area (Å²) in [6.07, 6.45) is 9.49. The van der Waals surface area contributed by atoms with Crippen LogP contribution in [0.1, 0.15) is 54.9 Å². The van der Waals surface area contributed by atoms with Gasteiger partial charge in [-0.1, -0.05) is 37.3 Å². The van der Waals surface area contributed by atoms with E-state index in [0.29, 0.717) is 19.0 Å². The number of piperidine rings is 2. The zero-order chi connectivity index (χ0) is 26.5. The molecule has 0 spiro atoms. The normalized spacial score (nSPS) is 21.9. The highest BCUT2D eigenvalue weighted by Gasteiger charge is 2.34. The Kier molecular flexibility index (Phi) is 9.20. The van der Waals surface area contributed by atoms with Crippen LogP contribution in [0.4, 0.5) is 10.1 Å². The van der Waals surface area contributed by atoms with E-state index in [1.807, 2.05) is 24.0 Å². The van der Waals surface area contributed by atoms with Crippen molar-refractivity contribution in [2.24, 2.45) is 11.8 Å². The van der Waals surface area contributed by atoms with Gasteiger partial charge in [0.15, 0.2) is 0 Å². The smallest absolute Gasteiger partial charge is 0.229 e. The van der Waals surface area contributed by atoms with Crippen molar-refractivity contribution in [1.82, 2.24) is 9.80 Å². The Labute approximate surface area is 223 Å². The van der Waals surface area contributed by atoms with E-state index in [-0.39, 0.29) is 23.6 Å². The van der Waals surface area contributed by atoms with E-state index in [9.17, 15) is 9.18 Å². The molecule has 2 aromatic carbocycles. The molecular weight excluding hydrogens is 461 g/mol. The standard InChI is InChI=1S/C32H44FN3O/c1-23-18-26(10-8-9-15-35(5)29-13-16-34(4)17-14-29)19-24(2)31(23)36-22-27(20-25(3)32(36)37)21-28-11-6-7-12-30(28)33/h6-8,10-12,18-19,25,27,29H,9,13-17,20-22H2,1-5H3/b10-8+/t25-,27-/m1/s1. The van der Waals surface area contributed by atoms with Gasteiger partial charge in [-0.15, -0.1) is 0 Å². The van der Waals surface area contributed by atoms with Crippen LogP contribution < -0.4 is 4.90 Å². The maximum Gasteiger partial charge on any atom is 0.229 e. The van der Waals surface area contributed by atoms with Crippen molar-refractivity contribution in [3.8, 4) is 0 Å². The zero-order valence-electron chi connectivity index (χ0n) is 23.3. The molecule has 0 bridgehead atoms. The summed E-state index contributed by atoms with van der Waals surface area (Å²) < 4.78 is 14.3. The Balaban J connectivity index is 1.40. The van der Waals surface area contributed by atoms with Gasteiger partial charge in [-0.3, -0.25) is 4.79 Å². The van der Waals surface area contributed by atoms with E-state index in [1.54, 1.807) is 6.07 Å². The quantitative estimate of drug-likeness (QED) is 0.434. The fraction of sp³-hybridized carbons (Fsp3) is 0.531. The minimum Gasteiger partial charge on any atom is -0.311 e. The Morgan fingerprint density at radius 1 is 1.11 bits per heavy atom. The van der Waals surface area contributed by atoms with Crippen molar-refractivity contribution in [2.45, 2.75) is 58.9 Å². The number of hydrogen-bond donors (Lipinski definition) is 0. The van der Waals surface area contributed by atoms with Crippen molar-refractivity contribution in [3.63, 3.8) is 0 Å². The molecule has 2 aromatic rings. The molecule has 1 amide bonds. The maximum atomic E-state index is 14.3. The third-order valence-corrected chi connectivity index (χ3v) is 8.34.